The fraction of sp³-hybridized carbons (Fsp3) is 0.167. The average molecular weight is 530 g/mol. The van der Waals surface area contributed by atoms with Crippen molar-refractivity contribution in [3.05, 3.63) is 161 Å². The Balaban J connectivity index is 1.42. The van der Waals surface area contributed by atoms with Crippen LogP contribution in [0.3, 0.4) is 0 Å². The Morgan fingerprint density at radius 3 is 1.69 bits per heavy atom. The van der Waals surface area contributed by atoms with Crippen LogP contribution in [0, 0.1) is 13.8 Å². The zero-order valence-electron chi connectivity index (χ0n) is 22.8. The Labute approximate surface area is 235 Å². The summed E-state index contributed by atoms with van der Waals surface area (Å²) >= 11 is 0. The summed E-state index contributed by atoms with van der Waals surface area (Å²) in [5, 5.41) is 2.68. The second-order valence-corrected chi connectivity index (χ2v) is 11.4. The van der Waals surface area contributed by atoms with E-state index < -0.39 is 0 Å². The number of nitrogens with zero attached hydrogens (tertiary/aromatic N) is 1. The highest BCUT2D eigenvalue weighted by Gasteiger charge is 2.16. The normalized spacial score (nSPS) is 11.4. The van der Waals surface area contributed by atoms with Crippen LogP contribution in [0.4, 0.5) is 0 Å². The Hall–Kier alpha value is -3.71. The minimum absolute atomic E-state index is 0.521. The van der Waals surface area contributed by atoms with Crippen molar-refractivity contribution < 1.29 is 4.74 Å². The molecule has 1 atom stereocenters. The van der Waals surface area contributed by atoms with E-state index in [1.54, 1.807) is 0 Å². The predicted octanol–water partition coefficient (Wildman–Crippen LogP) is 7.71. The number of para-hydroxylation sites is 1. The van der Waals surface area contributed by atoms with Crippen LogP contribution in [0.2, 0.25) is 0 Å². The van der Waals surface area contributed by atoms with E-state index >= 15 is 0 Å². The monoisotopic (exact) mass is 529 g/mol. The van der Waals surface area contributed by atoms with Crippen molar-refractivity contribution in [1.29, 1.82) is 0 Å². The molecule has 0 saturated carbocycles. The van der Waals surface area contributed by atoms with Crippen LogP contribution < -0.4 is 15.3 Å². The van der Waals surface area contributed by atoms with Gasteiger partial charge in [-0.1, -0.05) is 136 Å². The molecule has 196 valence electrons. The summed E-state index contributed by atoms with van der Waals surface area (Å²) in [5.74, 6) is 1.01. The molecule has 5 rings (SSSR count). The van der Waals surface area contributed by atoms with Gasteiger partial charge in [-0.3, -0.25) is 4.90 Å². The van der Waals surface area contributed by atoms with E-state index in [1.807, 2.05) is 6.07 Å². The molecule has 0 aromatic heterocycles. The molecule has 0 fully saturated rings. The van der Waals surface area contributed by atoms with Crippen LogP contribution in [-0.2, 0) is 26.2 Å². The van der Waals surface area contributed by atoms with Gasteiger partial charge in [-0.2, -0.15) is 0 Å². The molecule has 5 aromatic rings. The number of aryl methyl sites for hydroxylation is 2. The largest absolute Gasteiger partial charge is 0.488 e. The molecule has 0 heterocycles. The Kier molecular flexibility index (Phi) is 9.22. The maximum atomic E-state index is 6.44. The summed E-state index contributed by atoms with van der Waals surface area (Å²) in [6, 6.07) is 45.3. The molecule has 0 amide bonds. The number of ether oxygens (including phenoxy) is 1. The summed E-state index contributed by atoms with van der Waals surface area (Å²) in [4.78, 5) is 2.55. The standard InChI is InChI=1S/C36H36NOP/c1-28-14-13-23-34(35(28)38-27-32-20-10-5-11-21-32)39-36-29(2)15-12-22-33(36)26-37(24-30-16-6-3-7-17-30)25-31-18-8-4-9-19-31/h3-23,39H,24-27H2,1-2H3. The lowest BCUT2D eigenvalue weighted by Crippen LogP contribution is -2.26. The highest BCUT2D eigenvalue weighted by atomic mass is 31.1. The predicted molar refractivity (Wildman–Crippen MR) is 167 cm³/mol. The highest BCUT2D eigenvalue weighted by Crippen LogP contribution is 2.27. The summed E-state index contributed by atoms with van der Waals surface area (Å²) in [6.07, 6.45) is 0. The fourth-order valence-corrected chi connectivity index (χ4v) is 6.37. The van der Waals surface area contributed by atoms with Crippen LogP contribution >= 0.6 is 8.58 Å². The zero-order chi connectivity index (χ0) is 26.9. The van der Waals surface area contributed by atoms with Gasteiger partial charge < -0.3 is 4.74 Å². The van der Waals surface area contributed by atoms with Gasteiger partial charge in [-0.05, 0) is 52.5 Å². The fourth-order valence-electron chi connectivity index (χ4n) is 4.94. The van der Waals surface area contributed by atoms with Crippen molar-refractivity contribution in [2.24, 2.45) is 0 Å². The second-order valence-electron chi connectivity index (χ2n) is 10.1. The summed E-state index contributed by atoms with van der Waals surface area (Å²) in [6.45, 7) is 7.66. The first kappa shape index (κ1) is 26.9. The van der Waals surface area contributed by atoms with Gasteiger partial charge >= 0.3 is 0 Å². The molecule has 0 N–H and O–H groups in total. The summed E-state index contributed by atoms with van der Waals surface area (Å²) in [7, 11) is 0.521. The number of rotatable bonds is 11. The third-order valence-electron chi connectivity index (χ3n) is 6.95. The van der Waals surface area contributed by atoms with Gasteiger partial charge in [0.2, 0.25) is 0 Å². The maximum absolute atomic E-state index is 6.44. The molecular weight excluding hydrogens is 493 g/mol. The molecular formula is C36H36NOP. The third kappa shape index (κ3) is 7.45. The van der Waals surface area contributed by atoms with Crippen LogP contribution in [0.15, 0.2) is 127 Å². The first-order chi connectivity index (χ1) is 19.2. The first-order valence-electron chi connectivity index (χ1n) is 13.6. The molecule has 0 aliphatic rings. The molecule has 0 radical (unpaired) electrons. The van der Waals surface area contributed by atoms with Crippen molar-refractivity contribution in [3.63, 3.8) is 0 Å². The molecule has 39 heavy (non-hydrogen) atoms. The lowest BCUT2D eigenvalue weighted by molar-refractivity contribution is 0.248. The zero-order valence-corrected chi connectivity index (χ0v) is 23.8. The molecule has 5 aromatic carbocycles. The van der Waals surface area contributed by atoms with Crippen molar-refractivity contribution in [1.82, 2.24) is 4.90 Å². The quantitative estimate of drug-likeness (QED) is 0.163. The minimum Gasteiger partial charge on any atom is -0.488 e. The molecule has 0 saturated heterocycles. The van der Waals surface area contributed by atoms with Crippen LogP contribution in [0.1, 0.15) is 33.4 Å². The first-order valence-corrected chi connectivity index (χ1v) is 14.6. The highest BCUT2D eigenvalue weighted by molar-refractivity contribution is 7.56. The molecule has 2 nitrogen and oxygen atoms in total. The second kappa shape index (κ2) is 13.4. The van der Waals surface area contributed by atoms with Crippen LogP contribution in [0.25, 0.3) is 0 Å². The van der Waals surface area contributed by atoms with E-state index in [2.05, 4.69) is 140 Å². The minimum atomic E-state index is 0.521. The molecule has 0 aliphatic carbocycles. The van der Waals surface area contributed by atoms with Gasteiger partial charge in [0.1, 0.15) is 12.4 Å². The van der Waals surface area contributed by atoms with Gasteiger partial charge in [0.15, 0.2) is 0 Å². The molecule has 3 heteroatoms. The Morgan fingerprint density at radius 1 is 0.538 bits per heavy atom. The van der Waals surface area contributed by atoms with Crippen molar-refractivity contribution in [3.8, 4) is 5.75 Å². The SMILES string of the molecule is Cc1cccc(Pc2c(C)cccc2CN(Cc2ccccc2)Cc2ccccc2)c1OCc1ccccc1. The molecule has 0 aliphatic heterocycles. The van der Waals surface area contributed by atoms with Gasteiger partial charge in [-0.15, -0.1) is 0 Å². The van der Waals surface area contributed by atoms with E-state index in [1.165, 1.54) is 44.0 Å². The van der Waals surface area contributed by atoms with Gasteiger partial charge in [0.25, 0.3) is 0 Å². The molecule has 0 spiro atoms. The van der Waals surface area contributed by atoms with Crippen molar-refractivity contribution >= 4 is 19.2 Å². The Bertz CT molecular complexity index is 1430. The Morgan fingerprint density at radius 2 is 1.08 bits per heavy atom. The van der Waals surface area contributed by atoms with E-state index in [-0.39, 0.29) is 0 Å². The van der Waals surface area contributed by atoms with E-state index in [0.29, 0.717) is 15.2 Å². The van der Waals surface area contributed by atoms with Gasteiger partial charge in [-0.25, -0.2) is 0 Å². The van der Waals surface area contributed by atoms with E-state index in [9.17, 15) is 0 Å². The van der Waals surface area contributed by atoms with Crippen LogP contribution in [-0.4, -0.2) is 4.90 Å². The van der Waals surface area contributed by atoms with E-state index in [4.69, 9.17) is 4.74 Å². The van der Waals surface area contributed by atoms with Crippen LogP contribution in [0.5, 0.6) is 5.75 Å². The van der Waals surface area contributed by atoms with Crippen molar-refractivity contribution in [2.45, 2.75) is 40.1 Å². The lowest BCUT2D eigenvalue weighted by atomic mass is 10.1. The van der Waals surface area contributed by atoms with Gasteiger partial charge in [0.05, 0.1) is 0 Å². The lowest BCUT2D eigenvalue weighted by Gasteiger charge is -2.25. The number of benzene rings is 5. The number of hydrogen-bond donors (Lipinski definition) is 0. The smallest absolute Gasteiger partial charge is 0.130 e. The summed E-state index contributed by atoms with van der Waals surface area (Å²) < 4.78 is 6.44. The topological polar surface area (TPSA) is 12.5 Å². The maximum Gasteiger partial charge on any atom is 0.130 e. The molecule has 1 unspecified atom stereocenters. The van der Waals surface area contributed by atoms with Gasteiger partial charge in [0, 0.05) is 24.9 Å². The van der Waals surface area contributed by atoms with Crippen molar-refractivity contribution in [2.75, 3.05) is 0 Å². The van der Waals surface area contributed by atoms with E-state index in [0.717, 1.165) is 25.4 Å². The average Bonchev–Trinajstić information content (AvgIpc) is 2.96. The molecule has 0 bridgehead atoms. The third-order valence-corrected chi connectivity index (χ3v) is 8.58. The summed E-state index contributed by atoms with van der Waals surface area (Å²) in [5.41, 5.74) is 7.75. The number of hydrogen-bond acceptors (Lipinski definition) is 2.